The third-order valence-electron chi connectivity index (χ3n) is 4.17. The Kier molecular flexibility index (Phi) is 6.82. The van der Waals surface area contributed by atoms with Gasteiger partial charge in [0.1, 0.15) is 0 Å². The Labute approximate surface area is 178 Å². The lowest BCUT2D eigenvalue weighted by Crippen LogP contribution is -2.32. The number of hydrogen-bond donors (Lipinski definition) is 4. The minimum atomic E-state index is -0.388. The number of thiophene rings is 1. The first-order valence-corrected chi connectivity index (χ1v) is 10.1. The Morgan fingerprint density at radius 2 is 1.57 bits per heavy atom. The first-order valence-electron chi connectivity index (χ1n) is 9.29. The highest BCUT2D eigenvalue weighted by molar-refractivity contribution is 7.13. The molecule has 4 amide bonds. The van der Waals surface area contributed by atoms with Crippen molar-refractivity contribution in [2.45, 2.75) is 13.8 Å². The Balaban J connectivity index is 1.55. The highest BCUT2D eigenvalue weighted by Gasteiger charge is 2.11. The van der Waals surface area contributed by atoms with Crippen LogP contribution in [0.1, 0.15) is 20.1 Å². The van der Waals surface area contributed by atoms with E-state index in [-0.39, 0.29) is 24.4 Å². The highest BCUT2D eigenvalue weighted by Crippen LogP contribution is 2.21. The third kappa shape index (κ3) is 5.92. The van der Waals surface area contributed by atoms with E-state index < -0.39 is 0 Å². The summed E-state index contributed by atoms with van der Waals surface area (Å²) in [6.07, 6.45) is 0. The van der Waals surface area contributed by atoms with E-state index in [1.165, 1.54) is 11.3 Å². The number of anilines is 3. The van der Waals surface area contributed by atoms with Gasteiger partial charge in [-0.25, -0.2) is 4.79 Å². The molecule has 0 atom stereocenters. The Morgan fingerprint density at radius 3 is 2.27 bits per heavy atom. The zero-order chi connectivity index (χ0) is 21.5. The third-order valence-corrected chi connectivity index (χ3v) is 5.17. The summed E-state index contributed by atoms with van der Waals surface area (Å²) in [5.74, 6) is -0.640. The first kappa shape index (κ1) is 21.1. The Bertz CT molecular complexity index is 1060. The van der Waals surface area contributed by atoms with E-state index >= 15 is 0 Å². The van der Waals surface area contributed by atoms with Crippen molar-refractivity contribution in [1.82, 2.24) is 5.32 Å². The van der Waals surface area contributed by atoms with E-state index in [1.807, 2.05) is 38.1 Å². The molecule has 0 bridgehead atoms. The molecule has 8 heteroatoms. The van der Waals surface area contributed by atoms with Gasteiger partial charge in [-0.05, 0) is 55.8 Å². The van der Waals surface area contributed by atoms with E-state index in [1.54, 1.807) is 36.4 Å². The first-order chi connectivity index (χ1) is 14.4. The number of carbonyl (C=O) groups excluding carboxylic acids is 3. The summed E-state index contributed by atoms with van der Waals surface area (Å²) >= 11 is 1.37. The van der Waals surface area contributed by atoms with Gasteiger partial charge in [-0.1, -0.05) is 24.3 Å². The van der Waals surface area contributed by atoms with Gasteiger partial charge in [-0.3, -0.25) is 9.59 Å². The smallest absolute Gasteiger partial charge is 0.323 e. The van der Waals surface area contributed by atoms with E-state index in [2.05, 4.69) is 21.3 Å². The molecule has 1 aromatic heterocycles. The van der Waals surface area contributed by atoms with E-state index in [0.717, 1.165) is 10.4 Å². The molecule has 7 nitrogen and oxygen atoms in total. The van der Waals surface area contributed by atoms with Gasteiger partial charge >= 0.3 is 6.03 Å². The van der Waals surface area contributed by atoms with Gasteiger partial charge in [0, 0.05) is 21.9 Å². The lowest BCUT2D eigenvalue weighted by molar-refractivity contribution is -0.115. The molecule has 4 N–H and O–H groups in total. The molecule has 0 unspecified atom stereocenters. The van der Waals surface area contributed by atoms with Crippen LogP contribution in [-0.4, -0.2) is 24.4 Å². The van der Waals surface area contributed by atoms with Crippen molar-refractivity contribution >= 4 is 46.2 Å². The van der Waals surface area contributed by atoms with Gasteiger partial charge in [0.2, 0.25) is 5.91 Å². The van der Waals surface area contributed by atoms with Gasteiger partial charge < -0.3 is 21.3 Å². The molecule has 3 aromatic rings. The van der Waals surface area contributed by atoms with Gasteiger partial charge in [-0.15, -0.1) is 11.3 Å². The number of nitrogens with one attached hydrogen (secondary N) is 4. The van der Waals surface area contributed by atoms with Crippen LogP contribution in [-0.2, 0) is 4.79 Å². The average molecular weight is 423 g/mol. The van der Waals surface area contributed by atoms with Gasteiger partial charge in [0.15, 0.2) is 0 Å². The van der Waals surface area contributed by atoms with E-state index in [9.17, 15) is 14.4 Å². The van der Waals surface area contributed by atoms with Gasteiger partial charge in [-0.2, -0.15) is 0 Å². The largest absolute Gasteiger partial charge is 0.342 e. The molecule has 0 spiro atoms. The predicted molar refractivity (Wildman–Crippen MR) is 120 cm³/mol. The minimum Gasteiger partial charge on any atom is -0.342 e. The van der Waals surface area contributed by atoms with Crippen LogP contribution in [0, 0.1) is 13.8 Å². The maximum Gasteiger partial charge on any atom is 0.323 e. The molecule has 154 valence electrons. The topological polar surface area (TPSA) is 99.3 Å². The normalized spacial score (nSPS) is 10.2. The van der Waals surface area contributed by atoms with Crippen molar-refractivity contribution in [3.63, 3.8) is 0 Å². The fourth-order valence-electron chi connectivity index (χ4n) is 2.65. The highest BCUT2D eigenvalue weighted by atomic mass is 32.1. The summed E-state index contributed by atoms with van der Waals surface area (Å²) in [5.41, 5.74) is 2.59. The second kappa shape index (κ2) is 9.71. The summed E-state index contributed by atoms with van der Waals surface area (Å²) in [4.78, 5) is 38.1. The fourth-order valence-corrected chi connectivity index (χ4v) is 3.43. The van der Waals surface area contributed by atoms with Crippen LogP contribution in [0.4, 0.5) is 21.9 Å². The number of rotatable bonds is 6. The summed E-state index contributed by atoms with van der Waals surface area (Å²) in [5, 5.41) is 10.8. The maximum absolute atomic E-state index is 12.3. The van der Waals surface area contributed by atoms with Crippen LogP contribution in [0.5, 0.6) is 0 Å². The van der Waals surface area contributed by atoms with Crippen LogP contribution < -0.4 is 21.3 Å². The van der Waals surface area contributed by atoms with Crippen molar-refractivity contribution < 1.29 is 14.4 Å². The predicted octanol–water partition coefficient (Wildman–Crippen LogP) is 4.38. The second-order valence-electron chi connectivity index (χ2n) is 6.62. The molecule has 0 saturated carbocycles. The summed E-state index contributed by atoms with van der Waals surface area (Å²) in [7, 11) is 0. The number of urea groups is 1. The molecular weight excluding hydrogens is 400 g/mol. The lowest BCUT2D eigenvalue weighted by Gasteiger charge is -2.12. The molecule has 3 rings (SSSR count). The van der Waals surface area contributed by atoms with Crippen LogP contribution in [0.3, 0.4) is 0 Å². The molecule has 0 aliphatic carbocycles. The molecule has 30 heavy (non-hydrogen) atoms. The van der Waals surface area contributed by atoms with Crippen molar-refractivity contribution in [1.29, 1.82) is 0 Å². The van der Waals surface area contributed by atoms with E-state index in [4.69, 9.17) is 0 Å². The molecule has 0 fully saturated rings. The quantitative estimate of drug-likeness (QED) is 0.474. The zero-order valence-corrected chi connectivity index (χ0v) is 17.4. The molecule has 0 aliphatic rings. The molecule has 0 saturated heterocycles. The summed E-state index contributed by atoms with van der Waals surface area (Å²) in [6, 6.07) is 17.5. The van der Waals surface area contributed by atoms with Crippen molar-refractivity contribution in [3.8, 4) is 0 Å². The Morgan fingerprint density at radius 1 is 0.833 bits per heavy atom. The maximum atomic E-state index is 12.3. The van der Waals surface area contributed by atoms with E-state index in [0.29, 0.717) is 21.9 Å². The SMILES string of the molecule is Cc1ccc(C(=O)NCC(=O)Nc2cc(NC(=O)Nc3ccccc3)ccc2C)s1. The fraction of sp³-hybridized carbons (Fsp3) is 0.136. The van der Waals surface area contributed by atoms with Crippen molar-refractivity contribution in [3.05, 3.63) is 76.0 Å². The van der Waals surface area contributed by atoms with Crippen molar-refractivity contribution in [2.75, 3.05) is 22.5 Å². The van der Waals surface area contributed by atoms with Crippen LogP contribution in [0.25, 0.3) is 0 Å². The van der Waals surface area contributed by atoms with Gasteiger partial charge in [0.25, 0.3) is 5.91 Å². The number of hydrogen-bond acceptors (Lipinski definition) is 4. The summed E-state index contributed by atoms with van der Waals surface area (Å²) < 4.78 is 0. The lowest BCUT2D eigenvalue weighted by atomic mass is 10.1. The summed E-state index contributed by atoms with van der Waals surface area (Å²) in [6.45, 7) is 3.61. The number of amides is 4. The zero-order valence-electron chi connectivity index (χ0n) is 16.6. The Hall–Kier alpha value is -3.65. The monoisotopic (exact) mass is 422 g/mol. The second-order valence-corrected chi connectivity index (χ2v) is 7.90. The van der Waals surface area contributed by atoms with Crippen LogP contribution >= 0.6 is 11.3 Å². The molecule has 0 aliphatic heterocycles. The van der Waals surface area contributed by atoms with Crippen LogP contribution in [0.2, 0.25) is 0 Å². The number of para-hydroxylation sites is 1. The van der Waals surface area contributed by atoms with Crippen LogP contribution in [0.15, 0.2) is 60.7 Å². The number of carbonyl (C=O) groups is 3. The van der Waals surface area contributed by atoms with Crippen molar-refractivity contribution in [2.24, 2.45) is 0 Å². The number of aryl methyl sites for hydroxylation is 2. The average Bonchev–Trinajstić information content (AvgIpc) is 3.16. The minimum absolute atomic E-state index is 0.151. The molecule has 0 radical (unpaired) electrons. The standard InChI is InChI=1S/C22H22N4O3S/c1-14-8-10-17(25-22(29)24-16-6-4-3-5-7-16)12-18(14)26-20(27)13-23-21(28)19-11-9-15(2)30-19/h3-12H,13H2,1-2H3,(H,23,28)(H,26,27)(H2,24,25,29). The molecular formula is C22H22N4O3S. The number of benzene rings is 2. The molecule has 2 aromatic carbocycles. The molecule has 1 heterocycles. The van der Waals surface area contributed by atoms with Gasteiger partial charge in [0.05, 0.1) is 11.4 Å².